The molecular weight excluding hydrogens is 148 g/mol. The van der Waals surface area contributed by atoms with E-state index in [0.29, 0.717) is 6.04 Å². The summed E-state index contributed by atoms with van der Waals surface area (Å²) in [6.07, 6.45) is 2.54. The first kappa shape index (κ1) is 10.0. The molecule has 0 spiro atoms. The molecule has 2 unspecified atom stereocenters. The number of nitrogens with zero attached hydrogens (tertiary/aromatic N) is 1. The van der Waals surface area contributed by atoms with Crippen LogP contribution in [0, 0.1) is 5.92 Å². The van der Waals surface area contributed by atoms with E-state index >= 15 is 0 Å². The number of likely N-dealkylation sites (tertiary alicyclic amines) is 1. The van der Waals surface area contributed by atoms with Crippen LogP contribution in [-0.2, 0) is 0 Å². The Morgan fingerprint density at radius 3 is 2.58 bits per heavy atom. The van der Waals surface area contributed by atoms with Gasteiger partial charge in [0.1, 0.15) is 0 Å². The molecule has 12 heavy (non-hydrogen) atoms. The monoisotopic (exact) mass is 170 g/mol. The van der Waals surface area contributed by atoms with Crippen LogP contribution in [0.2, 0.25) is 0 Å². The molecule has 0 saturated carbocycles. The van der Waals surface area contributed by atoms with Gasteiger partial charge >= 0.3 is 0 Å². The van der Waals surface area contributed by atoms with Gasteiger partial charge in [0.2, 0.25) is 0 Å². The van der Waals surface area contributed by atoms with Crippen LogP contribution in [0.1, 0.15) is 33.6 Å². The first-order valence-electron chi connectivity index (χ1n) is 5.11. The van der Waals surface area contributed by atoms with Gasteiger partial charge < -0.3 is 5.73 Å². The largest absolute Gasteiger partial charge is 0.330 e. The van der Waals surface area contributed by atoms with Crippen molar-refractivity contribution in [3.63, 3.8) is 0 Å². The van der Waals surface area contributed by atoms with Crippen molar-refractivity contribution in [2.24, 2.45) is 11.7 Å². The van der Waals surface area contributed by atoms with E-state index in [1.807, 2.05) is 0 Å². The molecule has 72 valence electrons. The maximum Gasteiger partial charge on any atom is 0.00728 e. The number of hydrogen-bond donors (Lipinski definition) is 1. The highest BCUT2D eigenvalue weighted by molar-refractivity contribution is 4.84. The second-order valence-corrected chi connectivity index (χ2v) is 4.32. The van der Waals surface area contributed by atoms with Crippen molar-refractivity contribution >= 4 is 0 Å². The second-order valence-electron chi connectivity index (χ2n) is 4.32. The summed E-state index contributed by atoms with van der Waals surface area (Å²) in [5, 5.41) is 0. The van der Waals surface area contributed by atoms with Gasteiger partial charge in [0.25, 0.3) is 0 Å². The minimum absolute atomic E-state index is 0.697. The van der Waals surface area contributed by atoms with E-state index in [0.717, 1.165) is 18.5 Å². The van der Waals surface area contributed by atoms with Crippen LogP contribution in [-0.4, -0.2) is 30.1 Å². The predicted molar refractivity (Wildman–Crippen MR) is 53.1 cm³/mol. The number of rotatable bonds is 3. The smallest absolute Gasteiger partial charge is 0.00728 e. The van der Waals surface area contributed by atoms with Gasteiger partial charge in [-0.2, -0.15) is 0 Å². The third-order valence-electron chi connectivity index (χ3n) is 2.95. The third kappa shape index (κ3) is 2.20. The molecule has 2 N–H and O–H groups in total. The van der Waals surface area contributed by atoms with Crippen molar-refractivity contribution in [3.05, 3.63) is 0 Å². The van der Waals surface area contributed by atoms with E-state index in [4.69, 9.17) is 5.73 Å². The van der Waals surface area contributed by atoms with E-state index in [1.165, 1.54) is 19.4 Å². The molecule has 0 bridgehead atoms. The summed E-state index contributed by atoms with van der Waals surface area (Å²) in [4.78, 5) is 2.58. The van der Waals surface area contributed by atoms with Crippen LogP contribution in [0.25, 0.3) is 0 Å². The maximum absolute atomic E-state index is 5.56. The van der Waals surface area contributed by atoms with Crippen molar-refractivity contribution in [2.75, 3.05) is 13.1 Å². The van der Waals surface area contributed by atoms with Crippen LogP contribution in [0.4, 0.5) is 0 Å². The van der Waals surface area contributed by atoms with Crippen LogP contribution in [0.5, 0.6) is 0 Å². The van der Waals surface area contributed by atoms with Crippen molar-refractivity contribution in [1.82, 2.24) is 4.90 Å². The van der Waals surface area contributed by atoms with E-state index < -0.39 is 0 Å². The SMILES string of the molecule is CC(C)N1CC(CCN)CC1C. The molecule has 1 aliphatic heterocycles. The van der Waals surface area contributed by atoms with Crippen LogP contribution in [0.15, 0.2) is 0 Å². The molecule has 0 amide bonds. The molecule has 2 nitrogen and oxygen atoms in total. The summed E-state index contributed by atoms with van der Waals surface area (Å²) in [7, 11) is 0. The highest BCUT2D eigenvalue weighted by Crippen LogP contribution is 2.26. The average molecular weight is 170 g/mol. The summed E-state index contributed by atoms with van der Waals surface area (Å²) in [5.41, 5.74) is 5.56. The summed E-state index contributed by atoms with van der Waals surface area (Å²) in [5.74, 6) is 0.854. The van der Waals surface area contributed by atoms with Crippen LogP contribution in [0.3, 0.4) is 0 Å². The van der Waals surface area contributed by atoms with E-state index in [1.54, 1.807) is 0 Å². The lowest BCUT2D eigenvalue weighted by molar-refractivity contribution is 0.211. The zero-order chi connectivity index (χ0) is 9.14. The Labute approximate surface area is 76.1 Å². The van der Waals surface area contributed by atoms with E-state index in [9.17, 15) is 0 Å². The van der Waals surface area contributed by atoms with Gasteiger partial charge in [0.15, 0.2) is 0 Å². The first-order valence-corrected chi connectivity index (χ1v) is 5.11. The molecule has 2 atom stereocenters. The molecule has 1 fully saturated rings. The third-order valence-corrected chi connectivity index (χ3v) is 2.95. The first-order chi connectivity index (χ1) is 5.65. The van der Waals surface area contributed by atoms with E-state index in [2.05, 4.69) is 25.7 Å². The molecular formula is C10H22N2. The van der Waals surface area contributed by atoms with Crippen molar-refractivity contribution < 1.29 is 0 Å². The molecule has 0 aromatic carbocycles. The van der Waals surface area contributed by atoms with Crippen molar-refractivity contribution in [3.8, 4) is 0 Å². The fraction of sp³-hybridized carbons (Fsp3) is 1.00. The topological polar surface area (TPSA) is 29.3 Å². The Hall–Kier alpha value is -0.0800. The van der Waals surface area contributed by atoms with Gasteiger partial charge in [-0.1, -0.05) is 0 Å². The van der Waals surface area contributed by atoms with Gasteiger partial charge in [-0.3, -0.25) is 4.90 Å². The van der Waals surface area contributed by atoms with Gasteiger partial charge in [-0.25, -0.2) is 0 Å². The highest BCUT2D eigenvalue weighted by Gasteiger charge is 2.29. The lowest BCUT2D eigenvalue weighted by Gasteiger charge is -2.25. The quantitative estimate of drug-likeness (QED) is 0.694. The lowest BCUT2D eigenvalue weighted by Crippen LogP contribution is -2.33. The van der Waals surface area contributed by atoms with E-state index in [-0.39, 0.29) is 0 Å². The number of hydrogen-bond acceptors (Lipinski definition) is 2. The predicted octanol–water partition coefficient (Wildman–Crippen LogP) is 1.45. The minimum atomic E-state index is 0.697. The molecule has 1 aliphatic rings. The molecule has 1 saturated heterocycles. The van der Waals surface area contributed by atoms with Gasteiger partial charge in [0.05, 0.1) is 0 Å². The van der Waals surface area contributed by atoms with Crippen LogP contribution >= 0.6 is 0 Å². The molecule has 1 rings (SSSR count). The van der Waals surface area contributed by atoms with Crippen molar-refractivity contribution in [1.29, 1.82) is 0 Å². The summed E-state index contributed by atoms with van der Waals surface area (Å²) < 4.78 is 0. The number of nitrogens with two attached hydrogens (primary N) is 1. The normalized spacial score (nSPS) is 31.8. The Balaban J connectivity index is 2.39. The zero-order valence-corrected chi connectivity index (χ0v) is 8.59. The molecule has 0 aliphatic carbocycles. The molecule has 0 radical (unpaired) electrons. The molecule has 0 aromatic heterocycles. The summed E-state index contributed by atoms with van der Waals surface area (Å²) >= 11 is 0. The van der Waals surface area contributed by atoms with Crippen molar-refractivity contribution in [2.45, 2.75) is 45.7 Å². The zero-order valence-electron chi connectivity index (χ0n) is 8.59. The maximum atomic E-state index is 5.56. The highest BCUT2D eigenvalue weighted by atomic mass is 15.2. The Morgan fingerprint density at radius 1 is 1.50 bits per heavy atom. The Kier molecular flexibility index (Phi) is 3.53. The Bertz CT molecular complexity index is 134. The molecule has 2 heteroatoms. The average Bonchev–Trinajstić information content (AvgIpc) is 2.32. The summed E-state index contributed by atoms with van der Waals surface area (Å²) in [6.45, 7) is 9.00. The fourth-order valence-electron chi connectivity index (χ4n) is 2.34. The molecule has 0 aromatic rings. The second kappa shape index (κ2) is 4.24. The van der Waals surface area contributed by atoms with Crippen LogP contribution < -0.4 is 5.73 Å². The Morgan fingerprint density at radius 2 is 2.17 bits per heavy atom. The standard InChI is InChI=1S/C10H22N2/c1-8(2)12-7-10(4-5-11)6-9(12)3/h8-10H,4-7,11H2,1-3H3. The fourth-order valence-corrected chi connectivity index (χ4v) is 2.34. The molecule has 1 heterocycles. The minimum Gasteiger partial charge on any atom is -0.330 e. The summed E-state index contributed by atoms with van der Waals surface area (Å²) in [6, 6.07) is 1.46. The lowest BCUT2D eigenvalue weighted by atomic mass is 10.0. The van der Waals surface area contributed by atoms with Gasteiger partial charge in [-0.05, 0) is 46.1 Å². The van der Waals surface area contributed by atoms with Gasteiger partial charge in [-0.15, -0.1) is 0 Å². The van der Waals surface area contributed by atoms with Gasteiger partial charge in [0, 0.05) is 18.6 Å².